The Morgan fingerprint density at radius 2 is 1.65 bits per heavy atom. The highest BCUT2D eigenvalue weighted by Crippen LogP contribution is 2.38. The number of nitrogens with two attached hydrogens (primary N) is 1. The summed E-state index contributed by atoms with van der Waals surface area (Å²) in [7, 11) is 0. The highest BCUT2D eigenvalue weighted by atomic mass is 19.4. The minimum atomic E-state index is -5.02. The standard InChI is InChI=1S/C19H18F6N6O3/c20-18(21,22)13-7-12(8-14(9-13)19(23,24)25)17-27-11-30(28-17)2-1-15(32)31(26)16(33)10-29-3-5-34-6-4-29/h1-2,7-9,11H,3-6,10,26H2/b2-1-. The van der Waals surface area contributed by atoms with Gasteiger partial charge in [-0.05, 0) is 18.2 Å². The Kier molecular flexibility index (Phi) is 7.38. The fourth-order valence-electron chi connectivity index (χ4n) is 2.93. The average molecular weight is 492 g/mol. The van der Waals surface area contributed by atoms with Crippen LogP contribution in [0.15, 0.2) is 30.6 Å². The molecule has 0 saturated carbocycles. The molecule has 0 radical (unpaired) electrons. The molecule has 3 rings (SSSR count). The quantitative estimate of drug-likeness (QED) is 0.224. The van der Waals surface area contributed by atoms with Crippen LogP contribution in [0.5, 0.6) is 0 Å². The van der Waals surface area contributed by atoms with Gasteiger partial charge in [-0.3, -0.25) is 14.5 Å². The van der Waals surface area contributed by atoms with Crippen LogP contribution in [0.25, 0.3) is 17.6 Å². The smallest absolute Gasteiger partial charge is 0.379 e. The summed E-state index contributed by atoms with van der Waals surface area (Å²) in [6.45, 7) is 1.77. The van der Waals surface area contributed by atoms with Gasteiger partial charge in [-0.1, -0.05) is 0 Å². The average Bonchev–Trinajstić information content (AvgIpc) is 3.25. The Morgan fingerprint density at radius 1 is 1.06 bits per heavy atom. The number of hydrogen-bond acceptors (Lipinski definition) is 7. The lowest BCUT2D eigenvalue weighted by molar-refractivity contribution is -0.145. The number of amides is 2. The molecular weight excluding hydrogens is 474 g/mol. The van der Waals surface area contributed by atoms with Crippen molar-refractivity contribution < 1.29 is 40.7 Å². The van der Waals surface area contributed by atoms with Crippen molar-refractivity contribution in [3.8, 4) is 11.4 Å². The number of carbonyl (C=O) groups excluding carboxylic acids is 2. The first-order chi connectivity index (χ1) is 15.8. The highest BCUT2D eigenvalue weighted by molar-refractivity contribution is 6.02. The predicted molar refractivity (Wildman–Crippen MR) is 104 cm³/mol. The van der Waals surface area contributed by atoms with E-state index in [4.69, 9.17) is 10.6 Å². The molecule has 2 aromatic rings. The van der Waals surface area contributed by atoms with Crippen LogP contribution in [0, 0.1) is 0 Å². The third kappa shape index (κ3) is 6.39. The summed E-state index contributed by atoms with van der Waals surface area (Å²) in [6.07, 6.45) is -7.24. The molecule has 2 N–H and O–H groups in total. The minimum absolute atomic E-state index is 0.0111. The normalized spacial score (nSPS) is 15.6. The van der Waals surface area contributed by atoms with Gasteiger partial charge in [0, 0.05) is 30.9 Å². The number of carbonyl (C=O) groups is 2. The fraction of sp³-hybridized carbons (Fsp3) is 0.368. The third-order valence-corrected chi connectivity index (χ3v) is 4.69. The fourth-order valence-corrected chi connectivity index (χ4v) is 2.93. The summed E-state index contributed by atoms with van der Waals surface area (Å²) in [5.41, 5.74) is -3.56. The van der Waals surface area contributed by atoms with Gasteiger partial charge in [0.2, 0.25) is 0 Å². The molecule has 0 atom stereocenters. The number of hydrazine groups is 1. The molecule has 0 spiro atoms. The number of hydrogen-bond donors (Lipinski definition) is 1. The molecule has 2 heterocycles. The van der Waals surface area contributed by atoms with Crippen molar-refractivity contribution in [2.24, 2.45) is 5.84 Å². The third-order valence-electron chi connectivity index (χ3n) is 4.69. The lowest BCUT2D eigenvalue weighted by Gasteiger charge is -2.26. The van der Waals surface area contributed by atoms with E-state index in [0.29, 0.717) is 43.4 Å². The van der Waals surface area contributed by atoms with Crippen molar-refractivity contribution in [3.63, 3.8) is 0 Å². The Labute approximate surface area is 188 Å². The first kappa shape index (κ1) is 25.3. The monoisotopic (exact) mass is 492 g/mol. The zero-order valence-electron chi connectivity index (χ0n) is 17.3. The number of aromatic nitrogens is 3. The summed E-state index contributed by atoms with van der Waals surface area (Å²) in [6, 6.07) is 0.953. The van der Waals surface area contributed by atoms with Gasteiger partial charge in [-0.15, -0.1) is 5.10 Å². The molecule has 1 aromatic carbocycles. The first-order valence-electron chi connectivity index (χ1n) is 9.65. The van der Waals surface area contributed by atoms with E-state index in [9.17, 15) is 35.9 Å². The second-order valence-corrected chi connectivity index (χ2v) is 7.15. The molecule has 1 aliphatic heterocycles. The molecule has 1 aromatic heterocycles. The first-order valence-corrected chi connectivity index (χ1v) is 9.65. The van der Waals surface area contributed by atoms with Crippen LogP contribution < -0.4 is 5.84 Å². The van der Waals surface area contributed by atoms with Gasteiger partial charge in [0.15, 0.2) is 5.82 Å². The van der Waals surface area contributed by atoms with Gasteiger partial charge in [0.05, 0.1) is 30.9 Å². The molecule has 1 fully saturated rings. The Hall–Kier alpha value is -3.30. The van der Waals surface area contributed by atoms with Crippen LogP contribution >= 0.6 is 0 Å². The number of rotatable bonds is 5. The number of ether oxygens (including phenoxy) is 1. The molecule has 0 bridgehead atoms. The highest BCUT2D eigenvalue weighted by Gasteiger charge is 2.37. The molecule has 184 valence electrons. The predicted octanol–water partition coefficient (Wildman–Crippen LogP) is 2.01. The molecule has 0 aliphatic carbocycles. The van der Waals surface area contributed by atoms with E-state index in [1.54, 1.807) is 4.90 Å². The SMILES string of the molecule is NN(C(=O)/C=C\n1cnc(-c2cc(C(F)(F)F)cc(C(F)(F)F)c2)n1)C(=O)CN1CCOCC1. The number of morpholine rings is 1. The zero-order valence-corrected chi connectivity index (χ0v) is 17.3. The molecule has 0 unspecified atom stereocenters. The molecule has 34 heavy (non-hydrogen) atoms. The number of imide groups is 1. The van der Waals surface area contributed by atoms with Crippen molar-refractivity contribution in [1.29, 1.82) is 0 Å². The number of halogens is 6. The van der Waals surface area contributed by atoms with E-state index in [1.165, 1.54) is 0 Å². The van der Waals surface area contributed by atoms with E-state index in [-0.39, 0.29) is 12.6 Å². The van der Waals surface area contributed by atoms with Gasteiger partial charge in [-0.2, -0.15) is 26.3 Å². The summed E-state index contributed by atoms with van der Waals surface area (Å²) < 4.78 is 84.3. The van der Waals surface area contributed by atoms with Gasteiger partial charge >= 0.3 is 12.4 Å². The van der Waals surface area contributed by atoms with Gasteiger partial charge in [-0.25, -0.2) is 20.5 Å². The van der Waals surface area contributed by atoms with Crippen LogP contribution in [0.1, 0.15) is 11.1 Å². The van der Waals surface area contributed by atoms with E-state index >= 15 is 0 Å². The van der Waals surface area contributed by atoms with Gasteiger partial charge in [0.25, 0.3) is 11.8 Å². The maximum absolute atomic E-state index is 13.0. The van der Waals surface area contributed by atoms with E-state index in [0.717, 1.165) is 23.3 Å². The maximum Gasteiger partial charge on any atom is 0.416 e. The lowest BCUT2D eigenvalue weighted by Crippen LogP contribution is -2.49. The van der Waals surface area contributed by atoms with Crippen LogP contribution in [0.4, 0.5) is 26.3 Å². The van der Waals surface area contributed by atoms with E-state index < -0.39 is 46.7 Å². The minimum Gasteiger partial charge on any atom is -0.379 e. The summed E-state index contributed by atoms with van der Waals surface area (Å²) in [5.74, 6) is 3.47. The molecule has 1 aliphatic rings. The second kappa shape index (κ2) is 9.90. The number of alkyl halides is 6. The topological polar surface area (TPSA) is 107 Å². The largest absolute Gasteiger partial charge is 0.416 e. The van der Waals surface area contributed by atoms with Crippen LogP contribution in [0.3, 0.4) is 0 Å². The molecule has 1 saturated heterocycles. The lowest BCUT2D eigenvalue weighted by atomic mass is 10.0. The molecular formula is C19H18F6N6O3. The van der Waals surface area contributed by atoms with E-state index in [1.807, 2.05) is 0 Å². The molecule has 9 nitrogen and oxygen atoms in total. The van der Waals surface area contributed by atoms with Crippen molar-refractivity contribution in [2.75, 3.05) is 32.8 Å². The number of nitrogens with zero attached hydrogens (tertiary/aromatic N) is 5. The molecule has 2 amide bonds. The Balaban J connectivity index is 1.73. The zero-order chi connectivity index (χ0) is 25.1. The van der Waals surface area contributed by atoms with Gasteiger partial charge in [0.1, 0.15) is 6.33 Å². The summed E-state index contributed by atoms with van der Waals surface area (Å²) in [4.78, 5) is 29.7. The van der Waals surface area contributed by atoms with Crippen molar-refractivity contribution in [3.05, 3.63) is 41.7 Å². The number of benzene rings is 1. The van der Waals surface area contributed by atoms with E-state index in [2.05, 4.69) is 10.1 Å². The van der Waals surface area contributed by atoms with Gasteiger partial charge < -0.3 is 4.74 Å². The van der Waals surface area contributed by atoms with Crippen LogP contribution in [-0.2, 0) is 26.7 Å². The van der Waals surface area contributed by atoms with Crippen molar-refractivity contribution in [1.82, 2.24) is 24.7 Å². The van der Waals surface area contributed by atoms with Crippen molar-refractivity contribution >= 4 is 18.0 Å². The van der Waals surface area contributed by atoms with Crippen LogP contribution in [-0.4, -0.2) is 69.3 Å². The van der Waals surface area contributed by atoms with Crippen molar-refractivity contribution in [2.45, 2.75) is 12.4 Å². The molecule has 15 heteroatoms. The van der Waals surface area contributed by atoms with Crippen LogP contribution in [0.2, 0.25) is 0 Å². The summed E-state index contributed by atoms with van der Waals surface area (Å²) in [5, 5.41) is 4.14. The maximum atomic E-state index is 13.0. The Bertz CT molecular complexity index is 1040. The second-order valence-electron chi connectivity index (χ2n) is 7.15. The summed E-state index contributed by atoms with van der Waals surface area (Å²) >= 11 is 0. The Morgan fingerprint density at radius 3 is 2.21 bits per heavy atom.